The molecule has 0 saturated carbocycles. The van der Waals surface area contributed by atoms with Crippen molar-refractivity contribution in [3.8, 4) is 0 Å². The van der Waals surface area contributed by atoms with Crippen LogP contribution in [0.25, 0.3) is 0 Å². The average Bonchev–Trinajstić information content (AvgIpc) is 2.35. The summed E-state index contributed by atoms with van der Waals surface area (Å²) < 4.78 is 61.6. The van der Waals surface area contributed by atoms with Gasteiger partial charge in [-0.1, -0.05) is 5.16 Å². The highest BCUT2D eigenvalue weighted by molar-refractivity contribution is 7.87. The molecule has 0 bridgehead atoms. The molecule has 1 saturated heterocycles. The fourth-order valence-electron chi connectivity index (χ4n) is 1.75. The van der Waals surface area contributed by atoms with Crippen LogP contribution in [0.1, 0.15) is 12.8 Å². The van der Waals surface area contributed by atoms with Gasteiger partial charge >= 0.3 is 6.18 Å². The van der Waals surface area contributed by atoms with Crippen LogP contribution in [-0.4, -0.2) is 49.6 Å². The number of halogens is 3. The summed E-state index contributed by atoms with van der Waals surface area (Å²) in [6.07, 6.45) is -3.68. The Morgan fingerprint density at radius 2 is 2.16 bits per heavy atom. The SMILES string of the molecule is NC(=NO)C1CCCN(S(=O)(=O)NCC(F)(F)F)C1. The van der Waals surface area contributed by atoms with Crippen molar-refractivity contribution in [1.29, 1.82) is 0 Å². The lowest BCUT2D eigenvalue weighted by Gasteiger charge is -2.31. The third kappa shape index (κ3) is 4.84. The van der Waals surface area contributed by atoms with Crippen LogP contribution in [0.5, 0.6) is 0 Å². The Kier molecular flexibility index (Phi) is 4.98. The van der Waals surface area contributed by atoms with E-state index >= 15 is 0 Å². The molecule has 112 valence electrons. The van der Waals surface area contributed by atoms with Crippen LogP contribution in [-0.2, 0) is 10.2 Å². The van der Waals surface area contributed by atoms with Crippen molar-refractivity contribution >= 4 is 16.0 Å². The van der Waals surface area contributed by atoms with E-state index in [1.54, 1.807) is 0 Å². The lowest BCUT2D eigenvalue weighted by atomic mass is 9.99. The molecule has 0 aromatic rings. The first-order chi connectivity index (χ1) is 8.65. The molecule has 11 heteroatoms. The van der Waals surface area contributed by atoms with Gasteiger partial charge in [0.2, 0.25) is 0 Å². The van der Waals surface area contributed by atoms with E-state index in [0.29, 0.717) is 12.8 Å². The Hall–Kier alpha value is -1.07. The summed E-state index contributed by atoms with van der Waals surface area (Å²) in [5.74, 6) is -0.628. The standard InChI is InChI=1S/C8H15F3N4O3S/c9-8(10,11)5-13-19(17,18)15-3-1-2-6(4-15)7(12)14-16/h6,13,16H,1-5H2,(H2,12,14). The van der Waals surface area contributed by atoms with Gasteiger partial charge in [-0.3, -0.25) is 0 Å². The van der Waals surface area contributed by atoms with Gasteiger partial charge in [0.05, 0.1) is 0 Å². The lowest BCUT2D eigenvalue weighted by molar-refractivity contribution is -0.121. The zero-order valence-corrected chi connectivity index (χ0v) is 10.7. The molecule has 1 rings (SSSR count). The van der Waals surface area contributed by atoms with E-state index in [4.69, 9.17) is 10.9 Å². The van der Waals surface area contributed by atoms with Gasteiger partial charge in [0, 0.05) is 19.0 Å². The maximum absolute atomic E-state index is 12.0. The van der Waals surface area contributed by atoms with E-state index in [1.807, 2.05) is 0 Å². The smallest absolute Gasteiger partial charge is 0.402 e. The summed E-state index contributed by atoms with van der Waals surface area (Å²) >= 11 is 0. The van der Waals surface area contributed by atoms with E-state index in [0.717, 1.165) is 4.31 Å². The largest absolute Gasteiger partial charge is 0.409 e. The quantitative estimate of drug-likeness (QED) is 0.290. The number of hydrogen-bond donors (Lipinski definition) is 3. The molecule has 0 aromatic carbocycles. The molecule has 0 amide bonds. The number of alkyl halides is 3. The van der Waals surface area contributed by atoms with E-state index in [-0.39, 0.29) is 18.9 Å². The molecule has 1 unspecified atom stereocenters. The maximum Gasteiger partial charge on any atom is 0.402 e. The average molecular weight is 304 g/mol. The number of hydrogen-bond acceptors (Lipinski definition) is 4. The Morgan fingerprint density at radius 3 is 2.68 bits per heavy atom. The second-order valence-electron chi connectivity index (χ2n) is 4.16. The summed E-state index contributed by atoms with van der Waals surface area (Å²) in [5.41, 5.74) is 5.37. The molecule has 4 N–H and O–H groups in total. The number of rotatable bonds is 4. The van der Waals surface area contributed by atoms with Crippen molar-refractivity contribution in [2.24, 2.45) is 16.8 Å². The fraction of sp³-hybridized carbons (Fsp3) is 0.875. The predicted molar refractivity (Wildman–Crippen MR) is 60.7 cm³/mol. The third-order valence-corrected chi connectivity index (χ3v) is 4.23. The van der Waals surface area contributed by atoms with Crippen LogP contribution < -0.4 is 10.5 Å². The minimum absolute atomic E-state index is 0.0996. The molecule has 1 aliphatic rings. The van der Waals surface area contributed by atoms with E-state index in [2.05, 4.69) is 5.16 Å². The van der Waals surface area contributed by atoms with Crippen molar-refractivity contribution in [2.45, 2.75) is 19.0 Å². The van der Waals surface area contributed by atoms with Crippen LogP contribution in [0.15, 0.2) is 5.16 Å². The molecule has 1 atom stereocenters. The molecule has 19 heavy (non-hydrogen) atoms. The van der Waals surface area contributed by atoms with Crippen LogP contribution in [0.2, 0.25) is 0 Å². The van der Waals surface area contributed by atoms with E-state index in [9.17, 15) is 21.6 Å². The zero-order chi connectivity index (χ0) is 14.7. The van der Waals surface area contributed by atoms with Gasteiger partial charge in [-0.15, -0.1) is 0 Å². The zero-order valence-electron chi connectivity index (χ0n) is 9.89. The predicted octanol–water partition coefficient (Wildman–Crippen LogP) is -0.159. The van der Waals surface area contributed by atoms with Crippen molar-refractivity contribution in [3.05, 3.63) is 0 Å². The maximum atomic E-state index is 12.0. The van der Waals surface area contributed by atoms with Crippen LogP contribution in [0.4, 0.5) is 13.2 Å². The van der Waals surface area contributed by atoms with Crippen LogP contribution >= 0.6 is 0 Å². The Bertz CT molecular complexity index is 437. The van der Waals surface area contributed by atoms with Crippen molar-refractivity contribution in [1.82, 2.24) is 9.03 Å². The lowest BCUT2D eigenvalue weighted by Crippen LogP contribution is -2.50. The molecule has 0 spiro atoms. The number of nitrogens with one attached hydrogen (secondary N) is 1. The molecule has 0 aromatic heterocycles. The minimum Gasteiger partial charge on any atom is -0.409 e. The van der Waals surface area contributed by atoms with Gasteiger partial charge in [-0.2, -0.15) is 30.6 Å². The molecule has 1 aliphatic heterocycles. The number of nitrogens with two attached hydrogens (primary N) is 1. The normalized spacial score (nSPS) is 23.5. The van der Waals surface area contributed by atoms with Gasteiger partial charge < -0.3 is 10.9 Å². The minimum atomic E-state index is -4.62. The summed E-state index contributed by atoms with van der Waals surface area (Å²) in [7, 11) is -4.22. The Morgan fingerprint density at radius 1 is 1.53 bits per heavy atom. The summed E-state index contributed by atoms with van der Waals surface area (Å²) in [5, 5.41) is 11.3. The molecule has 1 heterocycles. The molecule has 1 fully saturated rings. The molecule has 0 radical (unpaired) electrons. The first-order valence-corrected chi connectivity index (χ1v) is 6.88. The highest BCUT2D eigenvalue weighted by atomic mass is 32.2. The monoisotopic (exact) mass is 304 g/mol. The topological polar surface area (TPSA) is 108 Å². The number of piperidine rings is 1. The highest BCUT2D eigenvalue weighted by Crippen LogP contribution is 2.19. The van der Waals surface area contributed by atoms with Crippen LogP contribution in [0.3, 0.4) is 0 Å². The highest BCUT2D eigenvalue weighted by Gasteiger charge is 2.34. The summed E-state index contributed by atoms with van der Waals surface area (Å²) in [6, 6.07) is 0. The first kappa shape index (κ1) is 16.0. The second-order valence-corrected chi connectivity index (χ2v) is 5.92. The first-order valence-electron chi connectivity index (χ1n) is 5.44. The van der Waals surface area contributed by atoms with Crippen molar-refractivity contribution in [2.75, 3.05) is 19.6 Å². The number of oxime groups is 1. The third-order valence-electron chi connectivity index (χ3n) is 2.71. The van der Waals surface area contributed by atoms with Crippen molar-refractivity contribution < 1.29 is 26.8 Å². The second kappa shape index (κ2) is 5.92. The van der Waals surface area contributed by atoms with E-state index in [1.165, 1.54) is 4.72 Å². The van der Waals surface area contributed by atoms with Crippen molar-refractivity contribution in [3.63, 3.8) is 0 Å². The molecular weight excluding hydrogens is 289 g/mol. The molecule has 0 aliphatic carbocycles. The molecular formula is C8H15F3N4O3S. The summed E-state index contributed by atoms with van der Waals surface area (Å²) in [6.45, 7) is -1.63. The Balaban J connectivity index is 2.68. The summed E-state index contributed by atoms with van der Waals surface area (Å²) in [4.78, 5) is 0. The van der Waals surface area contributed by atoms with E-state index < -0.39 is 28.8 Å². The molecule has 7 nitrogen and oxygen atoms in total. The van der Waals surface area contributed by atoms with Crippen LogP contribution in [0, 0.1) is 5.92 Å². The Labute approximate surface area is 108 Å². The number of amidine groups is 1. The van der Waals surface area contributed by atoms with Gasteiger partial charge in [-0.05, 0) is 12.8 Å². The van der Waals surface area contributed by atoms with Gasteiger partial charge in [0.25, 0.3) is 10.2 Å². The van der Waals surface area contributed by atoms with Gasteiger partial charge in [0.15, 0.2) is 0 Å². The van der Waals surface area contributed by atoms with Gasteiger partial charge in [-0.25, -0.2) is 0 Å². The number of nitrogens with zero attached hydrogens (tertiary/aromatic N) is 2. The fourth-order valence-corrected chi connectivity index (χ4v) is 3.02. The van der Waals surface area contributed by atoms with Gasteiger partial charge in [0.1, 0.15) is 12.4 Å².